The Balaban J connectivity index is 1.79. The Morgan fingerprint density at radius 1 is 1.36 bits per heavy atom. The van der Waals surface area contributed by atoms with Gasteiger partial charge in [0.25, 0.3) is 5.91 Å². The molecule has 1 atom stereocenters. The summed E-state index contributed by atoms with van der Waals surface area (Å²) < 4.78 is 0. The molecule has 5 nitrogen and oxygen atoms in total. The minimum atomic E-state index is -0.119. The van der Waals surface area contributed by atoms with Gasteiger partial charge < -0.3 is 15.3 Å². The Bertz CT molecular complexity index is 713. The molecule has 0 saturated heterocycles. The van der Waals surface area contributed by atoms with Gasteiger partial charge in [0, 0.05) is 25.9 Å². The number of benzene rings is 1. The number of phenolic OH excluding ortho intramolecular Hbond substituents is 1. The first-order valence-corrected chi connectivity index (χ1v) is 7.31. The lowest BCUT2D eigenvalue weighted by Gasteiger charge is -2.16. The molecule has 1 aromatic carbocycles. The van der Waals surface area contributed by atoms with E-state index >= 15 is 0 Å². The fourth-order valence-electron chi connectivity index (χ4n) is 2.83. The number of anilines is 1. The molecular weight excluding hydrogens is 278 g/mol. The van der Waals surface area contributed by atoms with Gasteiger partial charge in [-0.3, -0.25) is 4.79 Å². The number of amides is 1. The maximum Gasteiger partial charge on any atom is 0.251 e. The number of nitrogens with zero attached hydrogens (tertiary/aromatic N) is 2. The van der Waals surface area contributed by atoms with Crippen molar-refractivity contribution in [2.24, 2.45) is 0 Å². The number of hydrogen-bond acceptors (Lipinski definition) is 4. The van der Waals surface area contributed by atoms with Crippen molar-refractivity contribution in [1.82, 2.24) is 10.3 Å². The van der Waals surface area contributed by atoms with E-state index in [-0.39, 0.29) is 11.9 Å². The SMILES string of the molecule is CN(C)c1cc(C(=O)N[C@H]2CCc3c(O)cccc32)ccn1. The Labute approximate surface area is 129 Å². The van der Waals surface area contributed by atoms with E-state index in [1.807, 2.05) is 31.1 Å². The number of hydrogen-bond donors (Lipinski definition) is 2. The topological polar surface area (TPSA) is 65.5 Å². The highest BCUT2D eigenvalue weighted by molar-refractivity contribution is 5.95. The van der Waals surface area contributed by atoms with Gasteiger partial charge in [0.2, 0.25) is 0 Å². The monoisotopic (exact) mass is 297 g/mol. The van der Waals surface area contributed by atoms with Crippen LogP contribution in [0.25, 0.3) is 0 Å². The zero-order chi connectivity index (χ0) is 15.7. The first-order valence-electron chi connectivity index (χ1n) is 7.31. The van der Waals surface area contributed by atoms with Crippen LogP contribution in [0.2, 0.25) is 0 Å². The second-order valence-electron chi connectivity index (χ2n) is 5.71. The molecule has 3 rings (SSSR count). The van der Waals surface area contributed by atoms with Crippen LogP contribution in [-0.4, -0.2) is 30.1 Å². The minimum absolute atomic E-state index is 0.0504. The fourth-order valence-corrected chi connectivity index (χ4v) is 2.83. The molecule has 1 aliphatic carbocycles. The summed E-state index contributed by atoms with van der Waals surface area (Å²) >= 11 is 0. The standard InChI is InChI=1S/C17H19N3O2/c1-20(2)16-10-11(8-9-18-16)17(22)19-14-7-6-13-12(14)4-3-5-15(13)21/h3-5,8-10,14,21H,6-7H2,1-2H3,(H,19,22)/t14-/m0/s1. The molecule has 1 amide bonds. The summed E-state index contributed by atoms with van der Waals surface area (Å²) in [6.45, 7) is 0. The summed E-state index contributed by atoms with van der Waals surface area (Å²) in [5.41, 5.74) is 2.54. The van der Waals surface area contributed by atoms with E-state index in [9.17, 15) is 9.90 Å². The number of pyridine rings is 1. The Kier molecular flexibility index (Phi) is 3.71. The lowest BCUT2D eigenvalue weighted by molar-refractivity contribution is 0.0936. The molecular formula is C17H19N3O2. The van der Waals surface area contributed by atoms with Crippen LogP contribution in [0, 0.1) is 0 Å². The Hall–Kier alpha value is -2.56. The molecule has 5 heteroatoms. The third-order valence-corrected chi connectivity index (χ3v) is 4.02. The molecule has 2 N–H and O–H groups in total. The largest absolute Gasteiger partial charge is 0.508 e. The van der Waals surface area contributed by atoms with E-state index in [1.165, 1.54) is 0 Å². The predicted molar refractivity (Wildman–Crippen MR) is 85.2 cm³/mol. The van der Waals surface area contributed by atoms with Crippen molar-refractivity contribution in [3.8, 4) is 5.75 Å². The second-order valence-corrected chi connectivity index (χ2v) is 5.71. The second kappa shape index (κ2) is 5.67. The normalized spacial score (nSPS) is 16.2. The molecule has 2 aromatic rings. The Morgan fingerprint density at radius 3 is 2.95 bits per heavy atom. The van der Waals surface area contributed by atoms with Gasteiger partial charge in [-0.1, -0.05) is 12.1 Å². The number of carbonyl (C=O) groups is 1. The van der Waals surface area contributed by atoms with Crippen LogP contribution in [0.15, 0.2) is 36.5 Å². The molecule has 0 aliphatic heterocycles. The number of fused-ring (bicyclic) bond motifs is 1. The van der Waals surface area contributed by atoms with Crippen LogP contribution in [0.4, 0.5) is 5.82 Å². The molecule has 1 aromatic heterocycles. The number of aromatic nitrogens is 1. The molecule has 22 heavy (non-hydrogen) atoms. The highest BCUT2D eigenvalue weighted by atomic mass is 16.3. The van der Waals surface area contributed by atoms with Crippen LogP contribution < -0.4 is 10.2 Å². The van der Waals surface area contributed by atoms with Gasteiger partial charge >= 0.3 is 0 Å². The van der Waals surface area contributed by atoms with Crippen molar-refractivity contribution in [3.05, 3.63) is 53.2 Å². The van der Waals surface area contributed by atoms with Gasteiger partial charge in [0.15, 0.2) is 0 Å². The van der Waals surface area contributed by atoms with Crippen LogP contribution in [0.3, 0.4) is 0 Å². The van der Waals surface area contributed by atoms with Crippen LogP contribution in [-0.2, 0) is 6.42 Å². The van der Waals surface area contributed by atoms with Crippen molar-refractivity contribution in [3.63, 3.8) is 0 Å². The van der Waals surface area contributed by atoms with Crippen molar-refractivity contribution in [1.29, 1.82) is 0 Å². The van der Waals surface area contributed by atoms with Crippen molar-refractivity contribution >= 4 is 11.7 Å². The third kappa shape index (κ3) is 2.62. The quantitative estimate of drug-likeness (QED) is 0.912. The zero-order valence-corrected chi connectivity index (χ0v) is 12.7. The van der Waals surface area contributed by atoms with Crippen molar-refractivity contribution in [2.45, 2.75) is 18.9 Å². The van der Waals surface area contributed by atoms with E-state index in [0.29, 0.717) is 11.3 Å². The molecule has 0 saturated carbocycles. The van der Waals surface area contributed by atoms with E-state index in [4.69, 9.17) is 0 Å². The van der Waals surface area contributed by atoms with E-state index in [1.54, 1.807) is 24.4 Å². The number of nitrogens with one attached hydrogen (secondary N) is 1. The Morgan fingerprint density at radius 2 is 2.18 bits per heavy atom. The first-order chi connectivity index (χ1) is 10.6. The zero-order valence-electron chi connectivity index (χ0n) is 12.7. The van der Waals surface area contributed by atoms with Crippen LogP contribution >= 0.6 is 0 Å². The lowest BCUT2D eigenvalue weighted by Crippen LogP contribution is -2.27. The highest BCUT2D eigenvalue weighted by Crippen LogP contribution is 2.36. The van der Waals surface area contributed by atoms with Gasteiger partial charge in [-0.2, -0.15) is 0 Å². The van der Waals surface area contributed by atoms with Crippen molar-refractivity contribution < 1.29 is 9.90 Å². The van der Waals surface area contributed by atoms with E-state index < -0.39 is 0 Å². The van der Waals surface area contributed by atoms with Crippen LogP contribution in [0.5, 0.6) is 5.75 Å². The van der Waals surface area contributed by atoms with E-state index in [2.05, 4.69) is 10.3 Å². The summed E-state index contributed by atoms with van der Waals surface area (Å²) in [6, 6.07) is 8.90. The summed E-state index contributed by atoms with van der Waals surface area (Å²) in [5.74, 6) is 0.942. The molecule has 0 spiro atoms. The maximum atomic E-state index is 12.5. The predicted octanol–water partition coefficient (Wildman–Crippen LogP) is 2.27. The van der Waals surface area contributed by atoms with Gasteiger partial charge in [0.05, 0.1) is 6.04 Å². The molecule has 1 heterocycles. The first kappa shape index (κ1) is 14.4. The van der Waals surface area contributed by atoms with E-state index in [0.717, 1.165) is 29.8 Å². The van der Waals surface area contributed by atoms with Gasteiger partial charge in [0.1, 0.15) is 11.6 Å². The minimum Gasteiger partial charge on any atom is -0.508 e. The molecule has 1 aliphatic rings. The smallest absolute Gasteiger partial charge is 0.251 e. The molecule has 114 valence electrons. The number of carbonyl (C=O) groups excluding carboxylic acids is 1. The highest BCUT2D eigenvalue weighted by Gasteiger charge is 2.26. The summed E-state index contributed by atoms with van der Waals surface area (Å²) in [7, 11) is 3.78. The van der Waals surface area contributed by atoms with Gasteiger partial charge in [-0.05, 0) is 42.2 Å². The molecule has 0 fully saturated rings. The average molecular weight is 297 g/mol. The summed E-state index contributed by atoms with van der Waals surface area (Å²) in [5, 5.41) is 12.9. The van der Waals surface area contributed by atoms with Gasteiger partial charge in [-0.25, -0.2) is 4.98 Å². The maximum absolute atomic E-state index is 12.5. The van der Waals surface area contributed by atoms with Gasteiger partial charge in [-0.15, -0.1) is 0 Å². The molecule has 0 bridgehead atoms. The molecule has 0 unspecified atom stereocenters. The number of rotatable bonds is 3. The molecule has 0 radical (unpaired) electrons. The fraction of sp³-hybridized carbons (Fsp3) is 0.294. The number of phenols is 1. The summed E-state index contributed by atoms with van der Waals surface area (Å²) in [4.78, 5) is 18.5. The van der Waals surface area contributed by atoms with Crippen molar-refractivity contribution in [2.75, 3.05) is 19.0 Å². The van der Waals surface area contributed by atoms with Crippen LogP contribution in [0.1, 0.15) is 33.9 Å². The number of aromatic hydroxyl groups is 1. The average Bonchev–Trinajstić information content (AvgIpc) is 2.92. The summed E-state index contributed by atoms with van der Waals surface area (Å²) in [6.07, 6.45) is 3.23. The third-order valence-electron chi connectivity index (χ3n) is 4.02. The lowest BCUT2D eigenvalue weighted by atomic mass is 10.1.